The molecule has 1 unspecified atom stereocenters. The molecule has 1 rings (SSSR count). The molecule has 19 heavy (non-hydrogen) atoms. The van der Waals surface area contributed by atoms with Crippen molar-refractivity contribution in [2.24, 2.45) is 5.73 Å². The van der Waals surface area contributed by atoms with Gasteiger partial charge in [-0.3, -0.25) is 14.5 Å². The molecule has 4 amide bonds. The number of piperazine rings is 1. The van der Waals surface area contributed by atoms with Crippen LogP contribution in [0.1, 0.15) is 13.8 Å². The zero-order valence-corrected chi connectivity index (χ0v) is 10.6. The van der Waals surface area contributed by atoms with Crippen LogP contribution in [0, 0.1) is 0 Å². The lowest BCUT2D eigenvalue weighted by Crippen LogP contribution is -2.64. The first-order valence-electron chi connectivity index (χ1n) is 5.53. The van der Waals surface area contributed by atoms with Crippen LogP contribution in [-0.4, -0.2) is 58.5 Å². The minimum atomic E-state index is -1.34. The Morgan fingerprint density at radius 2 is 2.05 bits per heavy atom. The standard InChI is InChI=1S/C10H16N4O5/c1-10(2,8(11)18)13-9(19)14-4-6(15)12-3-5(14)7(16)17/h5H,3-4H2,1-2H3,(H2,11,18)(H,12,15)(H,13,19)(H,16,17). The molecule has 5 N–H and O–H groups in total. The maximum atomic E-state index is 11.9. The molecule has 106 valence electrons. The Morgan fingerprint density at radius 1 is 1.47 bits per heavy atom. The summed E-state index contributed by atoms with van der Waals surface area (Å²) >= 11 is 0. The molecule has 1 fully saturated rings. The van der Waals surface area contributed by atoms with Crippen molar-refractivity contribution >= 4 is 23.8 Å². The molecule has 0 bridgehead atoms. The fourth-order valence-electron chi connectivity index (χ4n) is 1.48. The lowest BCUT2D eigenvalue weighted by molar-refractivity contribution is -0.144. The Kier molecular flexibility index (Phi) is 3.98. The van der Waals surface area contributed by atoms with Gasteiger partial charge in [-0.1, -0.05) is 0 Å². The van der Waals surface area contributed by atoms with Gasteiger partial charge in [0.05, 0.1) is 0 Å². The Labute approximate surface area is 109 Å². The summed E-state index contributed by atoms with van der Waals surface area (Å²) in [4.78, 5) is 46.1. The lowest BCUT2D eigenvalue weighted by atomic mass is 10.1. The summed E-state index contributed by atoms with van der Waals surface area (Å²) in [6.45, 7) is 2.19. The second kappa shape index (κ2) is 5.12. The van der Waals surface area contributed by atoms with Crippen molar-refractivity contribution in [2.75, 3.05) is 13.1 Å². The molecule has 1 aliphatic rings. The number of urea groups is 1. The van der Waals surface area contributed by atoms with Crippen molar-refractivity contribution in [1.82, 2.24) is 15.5 Å². The SMILES string of the molecule is CC(C)(NC(=O)N1CC(=O)NCC1C(=O)O)C(N)=O. The Balaban J connectivity index is 2.85. The smallest absolute Gasteiger partial charge is 0.328 e. The summed E-state index contributed by atoms with van der Waals surface area (Å²) in [5.41, 5.74) is 3.76. The van der Waals surface area contributed by atoms with E-state index in [2.05, 4.69) is 10.6 Å². The van der Waals surface area contributed by atoms with Gasteiger partial charge in [0.15, 0.2) is 0 Å². The zero-order chi connectivity index (χ0) is 14.8. The van der Waals surface area contributed by atoms with Crippen LogP contribution >= 0.6 is 0 Å². The number of carbonyl (C=O) groups is 4. The van der Waals surface area contributed by atoms with Gasteiger partial charge in [0.1, 0.15) is 18.1 Å². The fourth-order valence-corrected chi connectivity index (χ4v) is 1.48. The van der Waals surface area contributed by atoms with Gasteiger partial charge < -0.3 is 21.5 Å². The fraction of sp³-hybridized carbons (Fsp3) is 0.600. The molecular weight excluding hydrogens is 256 g/mol. The third-order valence-corrected chi connectivity index (χ3v) is 2.76. The summed E-state index contributed by atoms with van der Waals surface area (Å²) in [6, 6.07) is -2.01. The van der Waals surface area contributed by atoms with Gasteiger partial charge in [0.2, 0.25) is 11.8 Å². The topological polar surface area (TPSA) is 142 Å². The number of carboxylic acid groups (broad SMARTS) is 1. The van der Waals surface area contributed by atoms with E-state index in [4.69, 9.17) is 10.8 Å². The van der Waals surface area contributed by atoms with Crippen molar-refractivity contribution in [3.05, 3.63) is 0 Å². The Morgan fingerprint density at radius 3 is 2.53 bits per heavy atom. The van der Waals surface area contributed by atoms with Crippen LogP contribution in [0.15, 0.2) is 0 Å². The van der Waals surface area contributed by atoms with E-state index in [1.54, 1.807) is 0 Å². The molecule has 1 aliphatic heterocycles. The number of nitrogens with two attached hydrogens (primary N) is 1. The van der Waals surface area contributed by atoms with Crippen LogP contribution in [0.25, 0.3) is 0 Å². The van der Waals surface area contributed by atoms with Gasteiger partial charge in [-0.05, 0) is 13.8 Å². The van der Waals surface area contributed by atoms with E-state index in [1.807, 2.05) is 0 Å². The second-order valence-corrected chi connectivity index (χ2v) is 4.71. The van der Waals surface area contributed by atoms with Crippen LogP contribution in [0.4, 0.5) is 4.79 Å². The molecule has 0 radical (unpaired) electrons. The van der Waals surface area contributed by atoms with Crippen LogP contribution < -0.4 is 16.4 Å². The molecule has 0 spiro atoms. The van der Waals surface area contributed by atoms with E-state index in [9.17, 15) is 19.2 Å². The summed E-state index contributed by atoms with van der Waals surface area (Å²) in [5.74, 6) is -2.48. The number of hydrogen-bond acceptors (Lipinski definition) is 4. The molecule has 9 nitrogen and oxygen atoms in total. The van der Waals surface area contributed by atoms with Crippen LogP contribution in [0.3, 0.4) is 0 Å². The number of carboxylic acids is 1. The van der Waals surface area contributed by atoms with Crippen LogP contribution in [0.2, 0.25) is 0 Å². The van der Waals surface area contributed by atoms with Crippen molar-refractivity contribution < 1.29 is 24.3 Å². The number of nitrogens with zero attached hydrogens (tertiary/aromatic N) is 1. The highest BCUT2D eigenvalue weighted by Gasteiger charge is 2.38. The molecule has 9 heteroatoms. The van der Waals surface area contributed by atoms with E-state index >= 15 is 0 Å². The van der Waals surface area contributed by atoms with E-state index < -0.39 is 41.9 Å². The van der Waals surface area contributed by atoms with Crippen LogP contribution in [0.5, 0.6) is 0 Å². The average Bonchev–Trinajstić information content (AvgIpc) is 2.27. The van der Waals surface area contributed by atoms with Gasteiger partial charge in [0, 0.05) is 6.54 Å². The number of carbonyl (C=O) groups excluding carboxylic acids is 3. The molecule has 0 aromatic carbocycles. The number of nitrogens with one attached hydrogen (secondary N) is 2. The molecule has 0 aromatic heterocycles. The monoisotopic (exact) mass is 272 g/mol. The highest BCUT2D eigenvalue weighted by molar-refractivity contribution is 5.93. The highest BCUT2D eigenvalue weighted by atomic mass is 16.4. The number of rotatable bonds is 3. The van der Waals surface area contributed by atoms with Crippen molar-refractivity contribution in [2.45, 2.75) is 25.4 Å². The predicted molar refractivity (Wildman–Crippen MR) is 62.9 cm³/mol. The number of primary amides is 1. The van der Waals surface area contributed by atoms with Crippen molar-refractivity contribution in [3.8, 4) is 0 Å². The number of amides is 4. The van der Waals surface area contributed by atoms with Crippen LogP contribution in [-0.2, 0) is 14.4 Å². The van der Waals surface area contributed by atoms with Gasteiger partial charge in [-0.2, -0.15) is 0 Å². The first-order valence-corrected chi connectivity index (χ1v) is 5.53. The minimum absolute atomic E-state index is 0.182. The molecule has 1 saturated heterocycles. The number of aliphatic carboxylic acids is 1. The molecule has 0 saturated carbocycles. The molecule has 1 atom stereocenters. The van der Waals surface area contributed by atoms with E-state index in [-0.39, 0.29) is 6.54 Å². The summed E-state index contributed by atoms with van der Waals surface area (Å²) in [6.07, 6.45) is 0. The predicted octanol–water partition coefficient (Wildman–Crippen LogP) is -2.16. The first kappa shape index (κ1) is 14.7. The summed E-state index contributed by atoms with van der Waals surface area (Å²) < 4.78 is 0. The summed E-state index contributed by atoms with van der Waals surface area (Å²) in [7, 11) is 0. The van der Waals surface area contributed by atoms with E-state index in [0.717, 1.165) is 4.90 Å². The average molecular weight is 272 g/mol. The Bertz CT molecular complexity index is 434. The normalized spacial score (nSPS) is 19.6. The Hall–Kier alpha value is -2.32. The maximum Gasteiger partial charge on any atom is 0.328 e. The zero-order valence-electron chi connectivity index (χ0n) is 10.6. The van der Waals surface area contributed by atoms with Crippen molar-refractivity contribution in [3.63, 3.8) is 0 Å². The third-order valence-electron chi connectivity index (χ3n) is 2.76. The number of hydrogen-bond donors (Lipinski definition) is 4. The maximum absolute atomic E-state index is 11.9. The van der Waals surface area contributed by atoms with E-state index in [0.29, 0.717) is 0 Å². The molecular formula is C10H16N4O5. The lowest BCUT2D eigenvalue weighted by Gasteiger charge is -2.35. The molecule has 0 aromatic rings. The van der Waals surface area contributed by atoms with E-state index in [1.165, 1.54) is 13.8 Å². The quantitative estimate of drug-likeness (QED) is 0.463. The minimum Gasteiger partial charge on any atom is -0.480 e. The largest absolute Gasteiger partial charge is 0.480 e. The summed E-state index contributed by atoms with van der Waals surface area (Å²) in [5, 5.41) is 13.6. The van der Waals surface area contributed by atoms with Crippen molar-refractivity contribution in [1.29, 1.82) is 0 Å². The molecule has 0 aliphatic carbocycles. The van der Waals surface area contributed by atoms with Gasteiger partial charge >= 0.3 is 12.0 Å². The van der Waals surface area contributed by atoms with Gasteiger partial charge in [0.25, 0.3) is 0 Å². The second-order valence-electron chi connectivity index (χ2n) is 4.71. The first-order chi connectivity index (χ1) is 8.65. The van der Waals surface area contributed by atoms with Gasteiger partial charge in [-0.25, -0.2) is 9.59 Å². The molecule has 1 heterocycles. The van der Waals surface area contributed by atoms with Gasteiger partial charge in [-0.15, -0.1) is 0 Å². The third kappa shape index (κ3) is 3.33. The highest BCUT2D eigenvalue weighted by Crippen LogP contribution is 2.08.